The van der Waals surface area contributed by atoms with Gasteiger partial charge in [-0.25, -0.2) is 0 Å². The zero-order chi connectivity index (χ0) is 11.8. The summed E-state index contributed by atoms with van der Waals surface area (Å²) in [5.74, 6) is 0. The summed E-state index contributed by atoms with van der Waals surface area (Å²) in [7, 11) is 0. The highest BCUT2D eigenvalue weighted by Gasteiger charge is 2.43. The summed E-state index contributed by atoms with van der Waals surface area (Å²) >= 11 is 5.49. The Morgan fingerprint density at radius 2 is 2.12 bits per heavy atom. The van der Waals surface area contributed by atoms with Gasteiger partial charge in [0.15, 0.2) is 0 Å². The Labute approximate surface area is 110 Å². The topological polar surface area (TPSA) is 20.2 Å². The molecule has 16 heavy (non-hydrogen) atoms. The third kappa shape index (κ3) is 2.47. The molecule has 88 valence electrons. The van der Waals surface area contributed by atoms with Gasteiger partial charge in [-0.15, -0.1) is 11.8 Å². The van der Waals surface area contributed by atoms with Crippen LogP contribution >= 0.6 is 27.7 Å². The maximum atomic E-state index is 9.40. The van der Waals surface area contributed by atoms with Crippen molar-refractivity contribution < 1.29 is 5.11 Å². The summed E-state index contributed by atoms with van der Waals surface area (Å²) in [4.78, 5) is 1.28. The van der Waals surface area contributed by atoms with Crippen molar-refractivity contribution in [1.82, 2.24) is 0 Å². The minimum absolute atomic E-state index is 0.0730. The van der Waals surface area contributed by atoms with Crippen LogP contribution in [0.4, 0.5) is 0 Å². The van der Waals surface area contributed by atoms with E-state index in [1.54, 1.807) is 0 Å². The van der Waals surface area contributed by atoms with E-state index in [-0.39, 0.29) is 12.0 Å². The molecule has 1 aromatic carbocycles. The highest BCUT2D eigenvalue weighted by molar-refractivity contribution is 9.10. The highest BCUT2D eigenvalue weighted by atomic mass is 79.9. The fraction of sp³-hybridized carbons (Fsp3) is 0.538. The molecule has 1 nitrogen and oxygen atoms in total. The largest absolute Gasteiger partial charge is 0.395 e. The second-order valence-corrected chi connectivity index (χ2v) is 7.22. The Balaban J connectivity index is 2.23. The lowest BCUT2D eigenvalue weighted by Crippen LogP contribution is -2.11. The predicted octanol–water partition coefficient (Wildman–Crippen LogP) is 3.97. The van der Waals surface area contributed by atoms with Gasteiger partial charge in [0.25, 0.3) is 0 Å². The Kier molecular flexibility index (Phi) is 3.67. The average Bonchev–Trinajstić information content (AvgIpc) is 3.01. The van der Waals surface area contributed by atoms with E-state index in [4.69, 9.17) is 0 Å². The molecule has 2 rings (SSSR count). The zero-order valence-corrected chi connectivity index (χ0v) is 12.1. The second-order valence-electron chi connectivity index (χ2n) is 4.75. The van der Waals surface area contributed by atoms with Crippen molar-refractivity contribution in [3.63, 3.8) is 0 Å². The molecule has 0 radical (unpaired) electrons. The highest BCUT2D eigenvalue weighted by Crippen LogP contribution is 2.48. The number of hydrogen-bond donors (Lipinski definition) is 1. The Bertz CT molecular complexity index is 386. The minimum atomic E-state index is 0.0730. The van der Waals surface area contributed by atoms with Crippen LogP contribution in [-0.4, -0.2) is 17.0 Å². The Hall–Kier alpha value is 0.01000. The summed E-state index contributed by atoms with van der Waals surface area (Å²) in [6.45, 7) is 4.67. The lowest BCUT2D eigenvalue weighted by atomic mass is 9.97. The van der Waals surface area contributed by atoms with E-state index in [1.807, 2.05) is 11.8 Å². The van der Waals surface area contributed by atoms with Gasteiger partial charge in [-0.1, -0.05) is 19.9 Å². The van der Waals surface area contributed by atoms with E-state index < -0.39 is 0 Å². The molecule has 0 bridgehead atoms. The molecule has 1 aliphatic rings. The summed E-state index contributed by atoms with van der Waals surface area (Å²) < 4.78 is 1.16. The molecular formula is C13H17BrOS. The molecule has 0 amide bonds. The molecule has 1 N–H and O–H groups in total. The molecule has 0 heterocycles. The number of hydrogen-bond acceptors (Lipinski definition) is 2. The number of aliphatic hydroxyl groups is 1. The van der Waals surface area contributed by atoms with E-state index in [1.165, 1.54) is 10.5 Å². The lowest BCUT2D eigenvalue weighted by molar-refractivity contribution is 0.255. The van der Waals surface area contributed by atoms with Gasteiger partial charge in [-0.3, -0.25) is 0 Å². The first-order valence-corrected chi connectivity index (χ1v) is 7.32. The van der Waals surface area contributed by atoms with E-state index in [9.17, 15) is 5.11 Å². The summed E-state index contributed by atoms with van der Waals surface area (Å²) in [6, 6.07) is 6.51. The first-order chi connectivity index (χ1) is 7.57. The van der Waals surface area contributed by atoms with Crippen molar-refractivity contribution in [1.29, 1.82) is 0 Å². The van der Waals surface area contributed by atoms with Crippen molar-refractivity contribution in [3.05, 3.63) is 28.2 Å². The van der Waals surface area contributed by atoms with Gasteiger partial charge in [0.2, 0.25) is 0 Å². The van der Waals surface area contributed by atoms with Crippen LogP contribution in [0.15, 0.2) is 27.6 Å². The van der Waals surface area contributed by atoms with E-state index >= 15 is 0 Å². The molecule has 1 aromatic rings. The number of halogens is 1. The number of benzene rings is 1. The fourth-order valence-corrected chi connectivity index (χ4v) is 3.35. The number of aliphatic hydroxyl groups excluding tert-OH is 1. The van der Waals surface area contributed by atoms with Crippen molar-refractivity contribution in [2.75, 3.05) is 6.61 Å². The van der Waals surface area contributed by atoms with Crippen LogP contribution in [-0.2, 0) is 5.41 Å². The van der Waals surface area contributed by atoms with E-state index in [0.717, 1.165) is 17.3 Å². The van der Waals surface area contributed by atoms with Gasteiger partial charge < -0.3 is 5.11 Å². The normalized spacial score (nSPS) is 17.8. The summed E-state index contributed by atoms with van der Waals surface area (Å²) in [5, 5.41) is 9.99. The molecule has 0 aliphatic heterocycles. The second kappa shape index (κ2) is 4.71. The molecular weight excluding hydrogens is 284 g/mol. The lowest BCUT2D eigenvalue weighted by Gasteiger charge is -2.14. The van der Waals surface area contributed by atoms with Crippen LogP contribution in [0.25, 0.3) is 0 Å². The van der Waals surface area contributed by atoms with Crippen LogP contribution in [0.3, 0.4) is 0 Å². The van der Waals surface area contributed by atoms with Gasteiger partial charge in [0.1, 0.15) is 0 Å². The first-order valence-electron chi connectivity index (χ1n) is 5.65. The summed E-state index contributed by atoms with van der Waals surface area (Å²) in [6.07, 6.45) is 2.24. The van der Waals surface area contributed by atoms with Crippen LogP contribution in [0.1, 0.15) is 32.3 Å². The van der Waals surface area contributed by atoms with Gasteiger partial charge in [-0.2, -0.15) is 0 Å². The molecule has 0 spiro atoms. The average molecular weight is 301 g/mol. The monoisotopic (exact) mass is 300 g/mol. The van der Waals surface area contributed by atoms with E-state index in [2.05, 4.69) is 48.0 Å². The summed E-state index contributed by atoms with van der Waals surface area (Å²) in [5.41, 5.74) is 1.35. The Morgan fingerprint density at radius 1 is 1.44 bits per heavy atom. The first kappa shape index (κ1) is 12.5. The van der Waals surface area contributed by atoms with Crippen molar-refractivity contribution >= 4 is 27.7 Å². The SMILES string of the molecule is CC(C)Sc1ccc(C2(CO)CC2)cc1Br. The quantitative estimate of drug-likeness (QED) is 0.849. The smallest absolute Gasteiger partial charge is 0.0527 e. The molecule has 1 fully saturated rings. The van der Waals surface area contributed by atoms with Crippen molar-refractivity contribution in [3.8, 4) is 0 Å². The third-order valence-corrected chi connectivity index (χ3v) is 5.06. The number of rotatable bonds is 4. The fourth-order valence-electron chi connectivity index (χ4n) is 1.87. The van der Waals surface area contributed by atoms with Gasteiger partial charge in [-0.05, 0) is 46.5 Å². The van der Waals surface area contributed by atoms with Gasteiger partial charge in [0.05, 0.1) is 6.61 Å². The molecule has 1 aliphatic carbocycles. The zero-order valence-electron chi connectivity index (χ0n) is 9.66. The van der Waals surface area contributed by atoms with Crippen LogP contribution in [0, 0.1) is 0 Å². The molecule has 0 atom stereocenters. The minimum Gasteiger partial charge on any atom is -0.395 e. The maximum absolute atomic E-state index is 9.40. The van der Waals surface area contributed by atoms with Gasteiger partial charge >= 0.3 is 0 Å². The van der Waals surface area contributed by atoms with Crippen molar-refractivity contribution in [2.45, 2.75) is 42.2 Å². The van der Waals surface area contributed by atoms with Gasteiger partial charge in [0, 0.05) is 20.0 Å². The van der Waals surface area contributed by atoms with Crippen LogP contribution < -0.4 is 0 Å². The van der Waals surface area contributed by atoms with Crippen LogP contribution in [0.2, 0.25) is 0 Å². The third-order valence-electron chi connectivity index (χ3n) is 3.06. The maximum Gasteiger partial charge on any atom is 0.0527 e. The molecule has 3 heteroatoms. The van der Waals surface area contributed by atoms with Crippen molar-refractivity contribution in [2.24, 2.45) is 0 Å². The Morgan fingerprint density at radius 3 is 2.56 bits per heavy atom. The standard InChI is InChI=1S/C13H17BrOS/c1-9(2)16-12-4-3-10(7-11(12)14)13(8-15)5-6-13/h3-4,7,9,15H,5-6,8H2,1-2H3. The van der Waals surface area contributed by atoms with E-state index in [0.29, 0.717) is 5.25 Å². The van der Waals surface area contributed by atoms with Crippen LogP contribution in [0.5, 0.6) is 0 Å². The molecule has 0 unspecified atom stereocenters. The molecule has 1 saturated carbocycles. The molecule has 0 saturated heterocycles. The predicted molar refractivity (Wildman–Crippen MR) is 73.1 cm³/mol. The number of thioether (sulfide) groups is 1. The molecule has 0 aromatic heterocycles.